The number of halogens is 2. The van der Waals surface area contributed by atoms with Crippen LogP contribution in [0.15, 0.2) is 57.8 Å². The molecule has 1 N–H and O–H groups in total. The molecular weight excluding hydrogens is 457 g/mol. The van der Waals surface area contributed by atoms with E-state index in [1.807, 2.05) is 37.4 Å². The molecule has 158 valence electrons. The molecule has 0 fully saturated rings. The van der Waals surface area contributed by atoms with E-state index in [1.54, 1.807) is 10.6 Å². The van der Waals surface area contributed by atoms with Crippen LogP contribution in [0, 0.1) is 19.7 Å². The number of carbonyl (C=O) groups is 1. The Labute approximate surface area is 190 Å². The smallest absolute Gasteiger partial charge is 0.276 e. The van der Waals surface area contributed by atoms with Gasteiger partial charge in [-0.1, -0.05) is 35.5 Å². The fourth-order valence-corrected chi connectivity index (χ4v) is 4.82. The van der Waals surface area contributed by atoms with E-state index >= 15 is 0 Å². The summed E-state index contributed by atoms with van der Waals surface area (Å²) in [5, 5.41) is 5.07. The van der Waals surface area contributed by atoms with Crippen molar-refractivity contribution in [1.82, 2.24) is 9.55 Å². The lowest BCUT2D eigenvalue weighted by Gasteiger charge is -2.15. The van der Waals surface area contributed by atoms with E-state index in [4.69, 9.17) is 11.6 Å². The minimum Gasteiger partial charge on any atom is -0.324 e. The highest BCUT2D eigenvalue weighted by atomic mass is 35.5. The third-order valence-corrected chi connectivity index (χ3v) is 6.96. The number of rotatable bonds is 5. The second kappa shape index (κ2) is 8.82. The average molecular weight is 474 g/mol. The van der Waals surface area contributed by atoms with Crippen LogP contribution < -0.4 is 10.9 Å². The number of aromatic nitrogens is 2. The first-order valence-corrected chi connectivity index (χ1v) is 11.5. The van der Waals surface area contributed by atoms with Gasteiger partial charge in [0.1, 0.15) is 10.5 Å². The molecule has 4 aromatic rings. The summed E-state index contributed by atoms with van der Waals surface area (Å²) in [4.78, 5) is 30.4. The Kier molecular flexibility index (Phi) is 6.13. The number of hydrogen-bond donors (Lipinski definition) is 1. The van der Waals surface area contributed by atoms with Gasteiger partial charge in [0.25, 0.3) is 5.56 Å². The van der Waals surface area contributed by atoms with Crippen molar-refractivity contribution in [2.24, 2.45) is 0 Å². The molecule has 0 aliphatic rings. The predicted octanol–water partition coefficient (Wildman–Crippen LogP) is 5.59. The van der Waals surface area contributed by atoms with E-state index in [0.29, 0.717) is 15.4 Å². The van der Waals surface area contributed by atoms with E-state index in [0.717, 1.165) is 34.6 Å². The summed E-state index contributed by atoms with van der Waals surface area (Å²) in [5.74, 6) is -0.912. The molecule has 0 spiro atoms. The third-order valence-electron chi connectivity index (χ3n) is 4.80. The summed E-state index contributed by atoms with van der Waals surface area (Å²) in [6, 6.07) is 11.3. The highest BCUT2D eigenvalue weighted by Gasteiger charge is 2.18. The van der Waals surface area contributed by atoms with E-state index < -0.39 is 5.82 Å². The number of anilines is 1. The van der Waals surface area contributed by atoms with E-state index in [9.17, 15) is 14.0 Å². The van der Waals surface area contributed by atoms with Gasteiger partial charge < -0.3 is 5.32 Å². The molecule has 4 rings (SSSR count). The summed E-state index contributed by atoms with van der Waals surface area (Å²) >= 11 is 8.49. The molecule has 0 bridgehead atoms. The largest absolute Gasteiger partial charge is 0.324 e. The van der Waals surface area contributed by atoms with E-state index in [2.05, 4.69) is 10.3 Å². The number of thioether (sulfide) groups is 1. The third kappa shape index (κ3) is 4.37. The van der Waals surface area contributed by atoms with Gasteiger partial charge >= 0.3 is 0 Å². The lowest BCUT2D eigenvalue weighted by molar-refractivity contribution is -0.113. The van der Waals surface area contributed by atoms with Gasteiger partial charge in [-0.15, -0.1) is 11.3 Å². The first-order chi connectivity index (χ1) is 14.8. The number of amides is 1. The van der Waals surface area contributed by atoms with Gasteiger partial charge in [-0.05, 0) is 60.7 Å². The Balaban J connectivity index is 1.68. The monoisotopic (exact) mass is 473 g/mol. The van der Waals surface area contributed by atoms with Gasteiger partial charge in [-0.3, -0.25) is 14.2 Å². The molecule has 0 saturated heterocycles. The number of fused-ring (bicyclic) bond motifs is 1. The quantitative estimate of drug-likeness (QED) is 0.303. The van der Waals surface area contributed by atoms with Crippen LogP contribution in [0.25, 0.3) is 15.9 Å². The number of nitrogens with one attached hydrogen (secondary N) is 1. The topological polar surface area (TPSA) is 64.0 Å². The Morgan fingerprint density at radius 3 is 2.87 bits per heavy atom. The number of benzene rings is 2. The summed E-state index contributed by atoms with van der Waals surface area (Å²) in [6.07, 6.45) is 0. The molecular formula is C22H17ClFN3O2S2. The highest BCUT2D eigenvalue weighted by Crippen LogP contribution is 2.27. The zero-order valence-electron chi connectivity index (χ0n) is 16.6. The zero-order chi connectivity index (χ0) is 22.1. The van der Waals surface area contributed by atoms with Crippen LogP contribution in [-0.2, 0) is 4.79 Å². The standard InChI is InChI=1S/C22H17ClFN3O2S2/c1-12-4-3-5-18(13(12)2)27-21(29)20-16(8-9-30-20)26-22(27)31-11-19(28)25-17-10-14(24)6-7-15(17)23/h3-10H,11H2,1-2H3,(H,25,28). The van der Waals surface area contributed by atoms with Gasteiger partial charge in [0, 0.05) is 0 Å². The fraction of sp³-hybridized carbons (Fsp3) is 0.136. The molecule has 0 atom stereocenters. The summed E-state index contributed by atoms with van der Waals surface area (Å²) in [7, 11) is 0. The van der Waals surface area contributed by atoms with Crippen LogP contribution in [-0.4, -0.2) is 21.2 Å². The van der Waals surface area contributed by atoms with Crippen molar-refractivity contribution in [3.8, 4) is 5.69 Å². The maximum absolute atomic E-state index is 13.5. The van der Waals surface area contributed by atoms with Crippen LogP contribution in [0.4, 0.5) is 10.1 Å². The fourth-order valence-electron chi connectivity index (χ4n) is 3.09. The molecule has 31 heavy (non-hydrogen) atoms. The Bertz CT molecular complexity index is 1370. The van der Waals surface area contributed by atoms with Gasteiger partial charge in [-0.2, -0.15) is 0 Å². The van der Waals surface area contributed by atoms with Crippen molar-refractivity contribution in [3.63, 3.8) is 0 Å². The van der Waals surface area contributed by atoms with Gasteiger partial charge in [0.2, 0.25) is 5.91 Å². The second-order valence-corrected chi connectivity index (χ2v) is 9.12. The first-order valence-electron chi connectivity index (χ1n) is 9.29. The first kappa shape index (κ1) is 21.5. The molecule has 0 saturated carbocycles. The van der Waals surface area contributed by atoms with Gasteiger partial charge in [0.05, 0.1) is 27.7 Å². The van der Waals surface area contributed by atoms with Crippen molar-refractivity contribution in [2.75, 3.05) is 11.1 Å². The van der Waals surface area contributed by atoms with Crippen LogP contribution in [0.3, 0.4) is 0 Å². The molecule has 2 aromatic heterocycles. The van der Waals surface area contributed by atoms with Crippen molar-refractivity contribution < 1.29 is 9.18 Å². The molecule has 5 nitrogen and oxygen atoms in total. The predicted molar refractivity (Wildman–Crippen MR) is 125 cm³/mol. The minimum atomic E-state index is -0.499. The van der Waals surface area contributed by atoms with Gasteiger partial charge in [-0.25, -0.2) is 9.37 Å². The molecule has 9 heteroatoms. The molecule has 1 amide bonds. The SMILES string of the molecule is Cc1cccc(-n2c(SCC(=O)Nc3cc(F)ccc3Cl)nc3ccsc3c2=O)c1C. The van der Waals surface area contributed by atoms with E-state index in [-0.39, 0.29) is 27.9 Å². The Hall–Kier alpha value is -2.68. The maximum atomic E-state index is 13.5. The number of hydrogen-bond acceptors (Lipinski definition) is 5. The Morgan fingerprint density at radius 1 is 1.26 bits per heavy atom. The van der Waals surface area contributed by atoms with Crippen molar-refractivity contribution in [2.45, 2.75) is 19.0 Å². The lowest BCUT2D eigenvalue weighted by atomic mass is 10.1. The summed E-state index contributed by atoms with van der Waals surface area (Å²) in [6.45, 7) is 3.92. The Morgan fingerprint density at radius 2 is 2.06 bits per heavy atom. The summed E-state index contributed by atoms with van der Waals surface area (Å²) < 4.78 is 15.6. The molecule has 0 aliphatic heterocycles. The lowest BCUT2D eigenvalue weighted by Crippen LogP contribution is -2.23. The van der Waals surface area contributed by atoms with Crippen molar-refractivity contribution in [3.05, 3.63) is 80.2 Å². The number of carbonyl (C=O) groups excluding carboxylic acids is 1. The van der Waals surface area contributed by atoms with E-state index in [1.165, 1.54) is 23.5 Å². The van der Waals surface area contributed by atoms with Gasteiger partial charge in [0.15, 0.2) is 5.16 Å². The normalized spacial score (nSPS) is 11.1. The molecule has 2 heterocycles. The molecule has 0 aliphatic carbocycles. The van der Waals surface area contributed by atoms with Crippen molar-refractivity contribution >= 4 is 56.5 Å². The van der Waals surface area contributed by atoms with Crippen LogP contribution >= 0.6 is 34.7 Å². The average Bonchev–Trinajstić information content (AvgIpc) is 3.21. The number of nitrogens with zero attached hydrogens (tertiary/aromatic N) is 2. The van der Waals surface area contributed by atoms with Crippen LogP contribution in [0.5, 0.6) is 0 Å². The number of thiophene rings is 1. The maximum Gasteiger partial charge on any atom is 0.276 e. The zero-order valence-corrected chi connectivity index (χ0v) is 19.0. The molecule has 2 aromatic carbocycles. The second-order valence-electron chi connectivity index (χ2n) is 6.85. The number of aryl methyl sites for hydroxylation is 1. The van der Waals surface area contributed by atoms with Crippen LogP contribution in [0.2, 0.25) is 5.02 Å². The molecule has 0 unspecified atom stereocenters. The van der Waals surface area contributed by atoms with Crippen LogP contribution in [0.1, 0.15) is 11.1 Å². The highest BCUT2D eigenvalue weighted by molar-refractivity contribution is 7.99. The summed E-state index contributed by atoms with van der Waals surface area (Å²) in [5.41, 5.74) is 3.34. The molecule has 0 radical (unpaired) electrons. The minimum absolute atomic E-state index is 0.0280. The van der Waals surface area contributed by atoms with Crippen molar-refractivity contribution in [1.29, 1.82) is 0 Å².